The molecule has 20 heavy (non-hydrogen) atoms. The summed E-state index contributed by atoms with van der Waals surface area (Å²) >= 11 is 5.98. The standard InChI is InChI=1S/C16H17ClN2O/c1-18-15-9-8-13(17)10-14(15)16(20)19(2)11-12-6-4-3-5-7-12/h3-10,18H,11H2,1-2H3. The van der Waals surface area contributed by atoms with E-state index < -0.39 is 0 Å². The highest BCUT2D eigenvalue weighted by molar-refractivity contribution is 6.31. The van der Waals surface area contributed by atoms with Crippen LogP contribution in [0.15, 0.2) is 48.5 Å². The molecule has 3 nitrogen and oxygen atoms in total. The predicted octanol–water partition coefficient (Wildman–Crippen LogP) is 3.65. The van der Waals surface area contributed by atoms with Crippen molar-refractivity contribution < 1.29 is 4.79 Å². The van der Waals surface area contributed by atoms with Gasteiger partial charge in [0, 0.05) is 31.4 Å². The second kappa shape index (κ2) is 6.44. The lowest BCUT2D eigenvalue weighted by Crippen LogP contribution is -2.26. The summed E-state index contributed by atoms with van der Waals surface area (Å²) in [5.74, 6) is -0.0549. The topological polar surface area (TPSA) is 32.3 Å². The third-order valence-electron chi connectivity index (χ3n) is 3.09. The number of anilines is 1. The van der Waals surface area contributed by atoms with Crippen molar-refractivity contribution in [1.29, 1.82) is 0 Å². The molecule has 0 unspecified atom stereocenters. The van der Waals surface area contributed by atoms with Crippen LogP contribution in [0, 0.1) is 0 Å². The maximum absolute atomic E-state index is 12.5. The van der Waals surface area contributed by atoms with Gasteiger partial charge in [0.05, 0.1) is 5.56 Å². The fourth-order valence-corrected chi connectivity index (χ4v) is 2.22. The Morgan fingerprint density at radius 2 is 1.90 bits per heavy atom. The average molecular weight is 289 g/mol. The lowest BCUT2D eigenvalue weighted by Gasteiger charge is -2.19. The quantitative estimate of drug-likeness (QED) is 0.931. The van der Waals surface area contributed by atoms with Gasteiger partial charge in [0.25, 0.3) is 5.91 Å². The van der Waals surface area contributed by atoms with Gasteiger partial charge in [-0.05, 0) is 23.8 Å². The van der Waals surface area contributed by atoms with E-state index in [-0.39, 0.29) is 5.91 Å². The molecule has 0 atom stereocenters. The number of rotatable bonds is 4. The van der Waals surface area contributed by atoms with Crippen LogP contribution in [-0.2, 0) is 6.54 Å². The molecule has 0 saturated heterocycles. The van der Waals surface area contributed by atoms with Crippen LogP contribution in [0.4, 0.5) is 5.69 Å². The van der Waals surface area contributed by atoms with E-state index in [1.165, 1.54) is 0 Å². The highest BCUT2D eigenvalue weighted by Gasteiger charge is 2.16. The van der Waals surface area contributed by atoms with Gasteiger partial charge in [0.2, 0.25) is 0 Å². The van der Waals surface area contributed by atoms with Crippen LogP contribution >= 0.6 is 11.6 Å². The number of carbonyl (C=O) groups is 1. The monoisotopic (exact) mass is 288 g/mol. The van der Waals surface area contributed by atoms with Gasteiger partial charge < -0.3 is 10.2 Å². The molecular weight excluding hydrogens is 272 g/mol. The smallest absolute Gasteiger partial charge is 0.256 e. The number of carbonyl (C=O) groups excluding carboxylic acids is 1. The summed E-state index contributed by atoms with van der Waals surface area (Å²) in [6, 6.07) is 15.2. The molecule has 0 heterocycles. The third-order valence-corrected chi connectivity index (χ3v) is 3.33. The van der Waals surface area contributed by atoms with E-state index in [2.05, 4.69) is 5.32 Å². The molecule has 104 valence electrons. The number of nitrogens with one attached hydrogen (secondary N) is 1. The van der Waals surface area contributed by atoms with Crippen molar-refractivity contribution in [3.8, 4) is 0 Å². The molecule has 4 heteroatoms. The summed E-state index contributed by atoms with van der Waals surface area (Å²) < 4.78 is 0. The summed E-state index contributed by atoms with van der Waals surface area (Å²) in [7, 11) is 3.58. The molecule has 0 fully saturated rings. The zero-order chi connectivity index (χ0) is 14.5. The normalized spacial score (nSPS) is 10.2. The van der Waals surface area contributed by atoms with Gasteiger partial charge in [-0.3, -0.25) is 4.79 Å². The van der Waals surface area contributed by atoms with Crippen molar-refractivity contribution >= 4 is 23.2 Å². The molecule has 2 aromatic carbocycles. The highest BCUT2D eigenvalue weighted by atomic mass is 35.5. The first kappa shape index (κ1) is 14.4. The minimum atomic E-state index is -0.0549. The van der Waals surface area contributed by atoms with E-state index >= 15 is 0 Å². The Balaban J connectivity index is 2.20. The number of hydrogen-bond donors (Lipinski definition) is 1. The Morgan fingerprint density at radius 3 is 2.55 bits per heavy atom. The molecule has 1 amide bonds. The maximum atomic E-state index is 12.5. The van der Waals surface area contributed by atoms with Crippen molar-refractivity contribution in [2.75, 3.05) is 19.4 Å². The average Bonchev–Trinajstić information content (AvgIpc) is 2.47. The maximum Gasteiger partial charge on any atom is 0.256 e. The van der Waals surface area contributed by atoms with Crippen LogP contribution < -0.4 is 5.32 Å². The molecule has 0 aromatic heterocycles. The largest absolute Gasteiger partial charge is 0.387 e. The van der Waals surface area contributed by atoms with E-state index in [1.807, 2.05) is 36.4 Å². The molecular formula is C16H17ClN2O. The number of halogens is 1. The molecule has 1 N–H and O–H groups in total. The lowest BCUT2D eigenvalue weighted by atomic mass is 10.1. The Hall–Kier alpha value is -2.00. The second-order valence-corrected chi connectivity index (χ2v) is 5.02. The minimum absolute atomic E-state index is 0.0549. The van der Waals surface area contributed by atoms with E-state index in [9.17, 15) is 4.79 Å². The minimum Gasteiger partial charge on any atom is -0.387 e. The fraction of sp³-hybridized carbons (Fsp3) is 0.188. The van der Waals surface area contributed by atoms with Crippen molar-refractivity contribution in [2.24, 2.45) is 0 Å². The fourth-order valence-electron chi connectivity index (χ4n) is 2.05. The molecule has 0 aliphatic rings. The summed E-state index contributed by atoms with van der Waals surface area (Å²) in [4.78, 5) is 14.2. The van der Waals surface area contributed by atoms with E-state index in [4.69, 9.17) is 11.6 Å². The SMILES string of the molecule is CNc1ccc(Cl)cc1C(=O)N(C)Cc1ccccc1. The van der Waals surface area contributed by atoms with Crippen molar-refractivity contribution in [2.45, 2.75) is 6.54 Å². The first-order valence-electron chi connectivity index (χ1n) is 6.38. The van der Waals surface area contributed by atoms with Crippen LogP contribution in [-0.4, -0.2) is 24.9 Å². The van der Waals surface area contributed by atoms with Crippen molar-refractivity contribution in [3.05, 3.63) is 64.7 Å². The highest BCUT2D eigenvalue weighted by Crippen LogP contribution is 2.22. The lowest BCUT2D eigenvalue weighted by molar-refractivity contribution is 0.0786. The van der Waals surface area contributed by atoms with Gasteiger partial charge >= 0.3 is 0 Å². The number of nitrogens with zero attached hydrogens (tertiary/aromatic N) is 1. The van der Waals surface area contributed by atoms with Gasteiger partial charge in [-0.2, -0.15) is 0 Å². The van der Waals surface area contributed by atoms with Crippen LogP contribution in [0.5, 0.6) is 0 Å². The number of benzene rings is 2. The van der Waals surface area contributed by atoms with Crippen molar-refractivity contribution in [1.82, 2.24) is 4.90 Å². The molecule has 0 bridgehead atoms. The number of amides is 1. The van der Waals surface area contributed by atoms with Gasteiger partial charge in [-0.15, -0.1) is 0 Å². The summed E-state index contributed by atoms with van der Waals surface area (Å²) in [5.41, 5.74) is 2.45. The Labute approximate surface area is 124 Å². The molecule has 0 aliphatic carbocycles. The van der Waals surface area contributed by atoms with E-state index in [0.717, 1.165) is 11.3 Å². The second-order valence-electron chi connectivity index (χ2n) is 4.59. The first-order chi connectivity index (χ1) is 9.61. The predicted molar refractivity (Wildman–Crippen MR) is 83.2 cm³/mol. The van der Waals surface area contributed by atoms with E-state index in [1.54, 1.807) is 31.1 Å². The molecule has 0 spiro atoms. The summed E-state index contributed by atoms with van der Waals surface area (Å²) in [6.45, 7) is 0.565. The molecule has 2 aromatic rings. The van der Waals surface area contributed by atoms with Gasteiger partial charge in [0.15, 0.2) is 0 Å². The van der Waals surface area contributed by atoms with Crippen LogP contribution in [0.2, 0.25) is 5.02 Å². The van der Waals surface area contributed by atoms with Gasteiger partial charge in [-0.25, -0.2) is 0 Å². The molecule has 2 rings (SSSR count). The van der Waals surface area contributed by atoms with Gasteiger partial charge in [-0.1, -0.05) is 41.9 Å². The molecule has 0 saturated carbocycles. The van der Waals surface area contributed by atoms with Crippen molar-refractivity contribution in [3.63, 3.8) is 0 Å². The molecule has 0 radical (unpaired) electrons. The van der Waals surface area contributed by atoms with E-state index in [0.29, 0.717) is 17.1 Å². The zero-order valence-corrected chi connectivity index (χ0v) is 12.3. The number of hydrogen-bond acceptors (Lipinski definition) is 2. The first-order valence-corrected chi connectivity index (χ1v) is 6.76. The Bertz CT molecular complexity index is 599. The van der Waals surface area contributed by atoms with Crippen LogP contribution in [0.1, 0.15) is 15.9 Å². The Kier molecular flexibility index (Phi) is 4.64. The molecule has 0 aliphatic heterocycles. The van der Waals surface area contributed by atoms with Gasteiger partial charge in [0.1, 0.15) is 0 Å². The Morgan fingerprint density at radius 1 is 1.20 bits per heavy atom. The summed E-state index contributed by atoms with van der Waals surface area (Å²) in [6.07, 6.45) is 0. The zero-order valence-electron chi connectivity index (χ0n) is 11.6. The summed E-state index contributed by atoms with van der Waals surface area (Å²) in [5, 5.41) is 3.57. The third kappa shape index (κ3) is 3.31. The van der Waals surface area contributed by atoms with Crippen LogP contribution in [0.25, 0.3) is 0 Å². The van der Waals surface area contributed by atoms with Crippen LogP contribution in [0.3, 0.4) is 0 Å².